The van der Waals surface area contributed by atoms with E-state index in [1.54, 1.807) is 18.3 Å². The summed E-state index contributed by atoms with van der Waals surface area (Å²) in [4.78, 5) is 14.7. The van der Waals surface area contributed by atoms with E-state index < -0.39 is 11.6 Å². The normalized spacial score (nSPS) is 16.1. The van der Waals surface area contributed by atoms with Gasteiger partial charge in [0.05, 0.1) is 24.6 Å². The second-order valence-corrected chi connectivity index (χ2v) is 8.90. The lowest BCUT2D eigenvalue weighted by atomic mass is 10.1. The van der Waals surface area contributed by atoms with E-state index in [4.69, 9.17) is 9.47 Å². The highest BCUT2D eigenvalue weighted by Gasteiger charge is 2.25. The minimum atomic E-state index is -0.651. The van der Waals surface area contributed by atoms with Crippen molar-refractivity contribution in [1.82, 2.24) is 20.3 Å². The molecule has 184 valence electrons. The van der Waals surface area contributed by atoms with Gasteiger partial charge in [-0.2, -0.15) is 0 Å². The smallest absolute Gasteiger partial charge is 0.229 e. The summed E-state index contributed by atoms with van der Waals surface area (Å²) < 4.78 is 41.1. The highest BCUT2D eigenvalue weighted by atomic mass is 19.1. The number of rotatable bonds is 6. The number of nitrogens with zero attached hydrogens (tertiary/aromatic N) is 4. The third kappa shape index (κ3) is 5.12. The van der Waals surface area contributed by atoms with Crippen LogP contribution in [0.25, 0.3) is 11.3 Å². The number of benzene rings is 1. The van der Waals surface area contributed by atoms with Crippen LogP contribution in [0.3, 0.4) is 0 Å². The molecule has 0 bridgehead atoms. The zero-order chi connectivity index (χ0) is 24.4. The lowest BCUT2D eigenvalue weighted by molar-refractivity contribution is 0.162. The van der Waals surface area contributed by atoms with Crippen LogP contribution >= 0.6 is 0 Å². The standard InChI is InChI=1S/C25H28F2N6O2/c1-15(2)33-9-10-34-24-19(26)11-16(12-21(24)33)23-20(27)14-30-25(32-23)31-22-4-3-18(13-29-22)35-17-5-7-28-8-6-17/h3-4,11-15,17,28H,5-10H2,1-2H3,(H,29,30,31,32). The highest BCUT2D eigenvalue weighted by Crippen LogP contribution is 2.39. The Labute approximate surface area is 202 Å². The minimum Gasteiger partial charge on any atom is -0.489 e. The first kappa shape index (κ1) is 23.2. The van der Waals surface area contributed by atoms with Gasteiger partial charge in [0.1, 0.15) is 30.0 Å². The summed E-state index contributed by atoms with van der Waals surface area (Å²) >= 11 is 0. The van der Waals surface area contributed by atoms with Gasteiger partial charge in [-0.1, -0.05) is 0 Å². The van der Waals surface area contributed by atoms with Gasteiger partial charge in [0.25, 0.3) is 0 Å². The Hall–Kier alpha value is -3.53. The molecule has 0 radical (unpaired) electrons. The Morgan fingerprint density at radius 1 is 1.11 bits per heavy atom. The molecule has 0 atom stereocenters. The fourth-order valence-corrected chi connectivity index (χ4v) is 4.35. The van der Waals surface area contributed by atoms with E-state index >= 15 is 0 Å². The molecule has 1 fully saturated rings. The molecule has 3 aromatic rings. The summed E-state index contributed by atoms with van der Waals surface area (Å²) in [6.45, 7) is 6.93. The molecule has 2 aliphatic rings. The molecule has 4 heterocycles. The molecule has 0 aliphatic carbocycles. The fraction of sp³-hybridized carbons (Fsp3) is 0.400. The summed E-state index contributed by atoms with van der Waals surface area (Å²) in [6, 6.07) is 6.65. The Balaban J connectivity index is 1.37. The number of nitrogens with one attached hydrogen (secondary N) is 2. The van der Waals surface area contributed by atoms with Crippen LogP contribution in [0.4, 0.5) is 26.2 Å². The van der Waals surface area contributed by atoms with E-state index in [2.05, 4.69) is 25.6 Å². The highest BCUT2D eigenvalue weighted by molar-refractivity contribution is 5.73. The van der Waals surface area contributed by atoms with Crippen LogP contribution in [0.2, 0.25) is 0 Å². The topological polar surface area (TPSA) is 84.4 Å². The Morgan fingerprint density at radius 2 is 1.94 bits per heavy atom. The van der Waals surface area contributed by atoms with E-state index in [0.29, 0.717) is 36.0 Å². The molecule has 0 unspecified atom stereocenters. The quantitative estimate of drug-likeness (QED) is 0.538. The first-order valence-corrected chi connectivity index (χ1v) is 11.8. The average Bonchev–Trinajstić information content (AvgIpc) is 2.86. The Morgan fingerprint density at radius 3 is 2.69 bits per heavy atom. The van der Waals surface area contributed by atoms with Gasteiger partial charge in [-0.05, 0) is 64.0 Å². The van der Waals surface area contributed by atoms with Crippen molar-refractivity contribution in [2.75, 3.05) is 36.5 Å². The monoisotopic (exact) mass is 482 g/mol. The van der Waals surface area contributed by atoms with Gasteiger partial charge in [0.15, 0.2) is 17.4 Å². The average molecular weight is 483 g/mol. The molecule has 35 heavy (non-hydrogen) atoms. The SMILES string of the molecule is CC(C)N1CCOc2c(F)cc(-c3nc(Nc4ccc(OC5CCNCC5)cn4)ncc3F)cc21. The third-order valence-corrected chi connectivity index (χ3v) is 6.12. The number of hydrogen-bond acceptors (Lipinski definition) is 8. The Bertz CT molecular complexity index is 1190. The number of ether oxygens (including phenoxy) is 2. The minimum absolute atomic E-state index is 0.00987. The van der Waals surface area contributed by atoms with E-state index in [9.17, 15) is 8.78 Å². The number of piperidine rings is 1. The van der Waals surface area contributed by atoms with Crippen LogP contribution in [0.5, 0.6) is 11.5 Å². The van der Waals surface area contributed by atoms with Crippen molar-refractivity contribution in [2.45, 2.75) is 38.8 Å². The molecule has 2 N–H and O–H groups in total. The third-order valence-electron chi connectivity index (χ3n) is 6.12. The molecule has 0 saturated carbocycles. The number of fused-ring (bicyclic) bond motifs is 1. The number of pyridine rings is 1. The second kappa shape index (κ2) is 9.99. The molecule has 2 aromatic heterocycles. The molecule has 8 nitrogen and oxygen atoms in total. The van der Waals surface area contributed by atoms with E-state index in [1.807, 2.05) is 24.8 Å². The van der Waals surface area contributed by atoms with Crippen LogP contribution in [0, 0.1) is 11.6 Å². The zero-order valence-electron chi connectivity index (χ0n) is 19.7. The molecule has 5 rings (SSSR count). The summed E-state index contributed by atoms with van der Waals surface area (Å²) in [5.74, 6) is 0.289. The molecule has 10 heteroatoms. The zero-order valence-corrected chi connectivity index (χ0v) is 19.7. The lowest BCUT2D eigenvalue weighted by Crippen LogP contribution is -2.38. The predicted molar refractivity (Wildman–Crippen MR) is 129 cm³/mol. The first-order chi connectivity index (χ1) is 17.0. The van der Waals surface area contributed by atoms with Crippen molar-refractivity contribution in [3.63, 3.8) is 0 Å². The predicted octanol–water partition coefficient (Wildman–Crippen LogP) is 4.30. The molecule has 1 aromatic carbocycles. The van der Waals surface area contributed by atoms with E-state index in [1.165, 1.54) is 6.07 Å². The Kier molecular flexibility index (Phi) is 6.63. The van der Waals surface area contributed by atoms with Crippen LogP contribution in [0.1, 0.15) is 26.7 Å². The van der Waals surface area contributed by atoms with Gasteiger partial charge in [0, 0.05) is 11.6 Å². The molecule has 2 aliphatic heterocycles. The molecule has 0 amide bonds. The van der Waals surface area contributed by atoms with Crippen molar-refractivity contribution >= 4 is 17.5 Å². The van der Waals surface area contributed by atoms with Crippen LogP contribution in [-0.2, 0) is 0 Å². The summed E-state index contributed by atoms with van der Waals surface area (Å²) in [5.41, 5.74) is 0.878. The first-order valence-electron chi connectivity index (χ1n) is 11.8. The van der Waals surface area contributed by atoms with Gasteiger partial charge in [-0.3, -0.25) is 0 Å². The number of hydrogen-bond donors (Lipinski definition) is 2. The van der Waals surface area contributed by atoms with Gasteiger partial charge < -0.3 is 25.0 Å². The van der Waals surface area contributed by atoms with Crippen molar-refractivity contribution in [2.24, 2.45) is 0 Å². The van der Waals surface area contributed by atoms with Gasteiger partial charge in [-0.15, -0.1) is 0 Å². The fourth-order valence-electron chi connectivity index (χ4n) is 4.35. The van der Waals surface area contributed by atoms with Crippen molar-refractivity contribution in [3.8, 4) is 22.8 Å². The van der Waals surface area contributed by atoms with Gasteiger partial charge >= 0.3 is 0 Å². The molecular weight excluding hydrogens is 454 g/mol. The molecular formula is C25H28F2N6O2. The van der Waals surface area contributed by atoms with Crippen molar-refractivity contribution in [1.29, 1.82) is 0 Å². The van der Waals surface area contributed by atoms with Crippen LogP contribution in [0.15, 0.2) is 36.7 Å². The van der Waals surface area contributed by atoms with Crippen molar-refractivity contribution in [3.05, 3.63) is 48.3 Å². The number of aromatic nitrogens is 3. The van der Waals surface area contributed by atoms with Crippen LogP contribution in [-0.4, -0.2) is 53.3 Å². The largest absolute Gasteiger partial charge is 0.489 e. The van der Waals surface area contributed by atoms with Crippen LogP contribution < -0.4 is 25.0 Å². The second-order valence-electron chi connectivity index (χ2n) is 8.90. The van der Waals surface area contributed by atoms with Gasteiger partial charge in [0.2, 0.25) is 5.95 Å². The van der Waals surface area contributed by atoms with Gasteiger partial charge in [-0.25, -0.2) is 23.7 Å². The number of halogens is 2. The summed E-state index contributed by atoms with van der Waals surface area (Å²) in [7, 11) is 0. The van der Waals surface area contributed by atoms with E-state index in [-0.39, 0.29) is 29.5 Å². The lowest BCUT2D eigenvalue weighted by Gasteiger charge is -2.34. The van der Waals surface area contributed by atoms with Crippen molar-refractivity contribution < 1.29 is 18.3 Å². The maximum atomic E-state index is 14.9. The molecule has 0 spiro atoms. The summed E-state index contributed by atoms with van der Waals surface area (Å²) in [6.07, 6.45) is 4.78. The maximum Gasteiger partial charge on any atom is 0.229 e. The van der Waals surface area contributed by atoms with E-state index in [0.717, 1.165) is 32.1 Å². The maximum absolute atomic E-state index is 14.9. The number of anilines is 3. The summed E-state index contributed by atoms with van der Waals surface area (Å²) in [5, 5.41) is 6.29. The molecule has 1 saturated heterocycles.